The Morgan fingerprint density at radius 2 is 2.04 bits per heavy atom. The van der Waals surface area contributed by atoms with Crippen LogP contribution in [0.25, 0.3) is 0 Å². The lowest BCUT2D eigenvalue weighted by atomic mass is 9.78. The van der Waals surface area contributed by atoms with Gasteiger partial charge in [0.25, 0.3) is 0 Å². The Hall–Kier alpha value is -1.30. The number of nitrogens with zero attached hydrogens (tertiary/aromatic N) is 1. The van der Waals surface area contributed by atoms with Crippen LogP contribution in [0.5, 0.6) is 0 Å². The largest absolute Gasteiger partial charge is 0.341 e. The van der Waals surface area contributed by atoms with Gasteiger partial charge in [-0.3, -0.25) is 9.59 Å². The lowest BCUT2D eigenvalue weighted by molar-refractivity contribution is -0.134. The number of fused-ring (bicyclic) bond motifs is 1. The number of hydrogen-bond donors (Lipinski definition) is 2. The normalized spacial score (nSPS) is 23.6. The van der Waals surface area contributed by atoms with E-state index in [0.717, 1.165) is 37.8 Å². The van der Waals surface area contributed by atoms with Crippen LogP contribution in [-0.4, -0.2) is 42.4 Å². The monoisotopic (exact) mass is 425 g/mol. The number of benzene rings is 1. The van der Waals surface area contributed by atoms with Gasteiger partial charge in [0, 0.05) is 31.2 Å². The second-order valence-corrected chi connectivity index (χ2v) is 8.68. The van der Waals surface area contributed by atoms with Crippen LogP contribution in [-0.2, 0) is 15.0 Å². The molecule has 0 bridgehead atoms. The van der Waals surface area contributed by atoms with Crippen molar-refractivity contribution in [3.8, 4) is 0 Å². The number of carbonyl (C=O) groups is 2. The molecule has 3 rings (SSSR count). The molecule has 0 aliphatic carbocycles. The van der Waals surface area contributed by atoms with Gasteiger partial charge in [-0.25, -0.2) is 0 Å². The zero-order valence-electron chi connectivity index (χ0n) is 16.6. The summed E-state index contributed by atoms with van der Waals surface area (Å²) in [4.78, 5) is 28.0. The third kappa shape index (κ3) is 4.17. The van der Waals surface area contributed by atoms with Crippen molar-refractivity contribution in [3.63, 3.8) is 0 Å². The predicted molar refractivity (Wildman–Crippen MR) is 114 cm³/mol. The topological polar surface area (TPSA) is 61.4 Å². The first-order valence-electron chi connectivity index (χ1n) is 10.2. The second-order valence-electron chi connectivity index (χ2n) is 7.87. The predicted octanol–water partition coefficient (Wildman–Crippen LogP) is 4.36. The van der Waals surface area contributed by atoms with E-state index in [1.165, 1.54) is 0 Å². The summed E-state index contributed by atoms with van der Waals surface area (Å²) >= 11 is 12.4. The molecule has 1 aromatic carbocycles. The highest BCUT2D eigenvalue weighted by Gasteiger charge is 2.47. The van der Waals surface area contributed by atoms with E-state index in [1.807, 2.05) is 11.8 Å². The van der Waals surface area contributed by atoms with Crippen molar-refractivity contribution in [2.24, 2.45) is 0 Å². The van der Waals surface area contributed by atoms with Crippen LogP contribution in [0.15, 0.2) is 12.1 Å². The summed E-state index contributed by atoms with van der Waals surface area (Å²) in [6, 6.07) is 3.73. The number of carbonyl (C=O) groups excluding carboxylic acids is 2. The standard InChI is InChI=1S/C21H29Cl2N3O2/c1-3-5-9-26(19(27)10-14-7-6-8-24-14)13-21(4-2)15-11-16(22)17(23)12-18(15)25-20(21)28/h11-12,14,24H,3-10,13H2,1-2H3,(H,25,28)/t14-,21?/m0/s1. The molecule has 154 valence electrons. The molecule has 5 nitrogen and oxygen atoms in total. The molecule has 2 amide bonds. The maximum Gasteiger partial charge on any atom is 0.236 e. The molecule has 2 N–H and O–H groups in total. The van der Waals surface area contributed by atoms with E-state index in [2.05, 4.69) is 17.6 Å². The van der Waals surface area contributed by atoms with Gasteiger partial charge < -0.3 is 15.5 Å². The quantitative estimate of drug-likeness (QED) is 0.649. The highest BCUT2D eigenvalue weighted by molar-refractivity contribution is 6.42. The fourth-order valence-corrected chi connectivity index (χ4v) is 4.60. The van der Waals surface area contributed by atoms with E-state index in [-0.39, 0.29) is 17.9 Å². The third-order valence-electron chi connectivity index (χ3n) is 6.04. The summed E-state index contributed by atoms with van der Waals surface area (Å²) in [7, 11) is 0. The average Bonchev–Trinajstić information content (AvgIpc) is 3.26. The summed E-state index contributed by atoms with van der Waals surface area (Å²) in [5.41, 5.74) is 0.736. The number of rotatable bonds is 8. The molecule has 1 fully saturated rings. The SMILES string of the molecule is CCCCN(CC1(CC)C(=O)Nc2cc(Cl)c(Cl)cc21)C(=O)C[C@@H]1CCCN1. The lowest BCUT2D eigenvalue weighted by Gasteiger charge is -2.34. The molecule has 2 atom stereocenters. The van der Waals surface area contributed by atoms with Gasteiger partial charge in [0.1, 0.15) is 0 Å². The number of halogens is 2. The molecule has 1 aromatic rings. The van der Waals surface area contributed by atoms with Crippen LogP contribution in [0.1, 0.15) is 57.9 Å². The third-order valence-corrected chi connectivity index (χ3v) is 6.76. The van der Waals surface area contributed by atoms with E-state index < -0.39 is 5.41 Å². The van der Waals surface area contributed by atoms with Crippen molar-refractivity contribution in [1.29, 1.82) is 0 Å². The van der Waals surface area contributed by atoms with Crippen LogP contribution in [0.3, 0.4) is 0 Å². The Labute approximate surface area is 177 Å². The first-order chi connectivity index (χ1) is 13.4. The van der Waals surface area contributed by atoms with Crippen LogP contribution in [0, 0.1) is 0 Å². The van der Waals surface area contributed by atoms with Crippen molar-refractivity contribution < 1.29 is 9.59 Å². The van der Waals surface area contributed by atoms with E-state index in [0.29, 0.717) is 41.7 Å². The molecule has 28 heavy (non-hydrogen) atoms. The molecule has 2 heterocycles. The Bertz CT molecular complexity index is 749. The summed E-state index contributed by atoms with van der Waals surface area (Å²) < 4.78 is 0. The van der Waals surface area contributed by atoms with Crippen molar-refractivity contribution in [1.82, 2.24) is 10.2 Å². The number of unbranched alkanes of at least 4 members (excludes halogenated alkanes) is 1. The number of amides is 2. The molecule has 0 saturated carbocycles. The molecule has 0 radical (unpaired) electrons. The van der Waals surface area contributed by atoms with Crippen LogP contribution in [0.4, 0.5) is 5.69 Å². The maximum atomic E-state index is 13.1. The lowest BCUT2D eigenvalue weighted by Crippen LogP contribution is -2.48. The number of anilines is 1. The van der Waals surface area contributed by atoms with Crippen molar-refractivity contribution in [2.45, 2.75) is 63.8 Å². The van der Waals surface area contributed by atoms with Gasteiger partial charge in [-0.1, -0.05) is 43.5 Å². The van der Waals surface area contributed by atoms with Gasteiger partial charge in [-0.15, -0.1) is 0 Å². The smallest absolute Gasteiger partial charge is 0.236 e. The summed E-state index contributed by atoms with van der Waals surface area (Å²) in [5.74, 6) is 0.0265. The van der Waals surface area contributed by atoms with Crippen LogP contribution < -0.4 is 10.6 Å². The Morgan fingerprint density at radius 1 is 1.29 bits per heavy atom. The van der Waals surface area contributed by atoms with E-state index in [4.69, 9.17) is 23.2 Å². The van der Waals surface area contributed by atoms with E-state index >= 15 is 0 Å². The first-order valence-corrected chi connectivity index (χ1v) is 11.0. The molecule has 7 heteroatoms. The van der Waals surface area contributed by atoms with Crippen molar-refractivity contribution in [3.05, 3.63) is 27.7 Å². The molecule has 2 aliphatic heterocycles. The van der Waals surface area contributed by atoms with Gasteiger partial charge in [0.05, 0.1) is 15.5 Å². The summed E-state index contributed by atoms with van der Waals surface area (Å²) in [6.07, 6.45) is 5.12. The summed E-state index contributed by atoms with van der Waals surface area (Å²) in [6.45, 7) is 6.09. The van der Waals surface area contributed by atoms with Gasteiger partial charge in [-0.05, 0) is 49.9 Å². The molecule has 0 aromatic heterocycles. The molecular formula is C21H29Cl2N3O2. The highest BCUT2D eigenvalue weighted by Crippen LogP contribution is 2.44. The zero-order valence-corrected chi connectivity index (χ0v) is 18.1. The maximum absolute atomic E-state index is 13.1. The van der Waals surface area contributed by atoms with E-state index in [9.17, 15) is 9.59 Å². The van der Waals surface area contributed by atoms with Gasteiger partial charge >= 0.3 is 0 Å². The van der Waals surface area contributed by atoms with Crippen molar-refractivity contribution >= 4 is 40.7 Å². The number of nitrogens with one attached hydrogen (secondary N) is 2. The minimum Gasteiger partial charge on any atom is -0.341 e. The minimum absolute atomic E-state index is 0.0865. The Morgan fingerprint density at radius 3 is 2.68 bits per heavy atom. The molecule has 1 unspecified atom stereocenters. The minimum atomic E-state index is -0.796. The fraction of sp³-hybridized carbons (Fsp3) is 0.619. The molecule has 1 saturated heterocycles. The fourth-order valence-electron chi connectivity index (χ4n) is 4.27. The molecular weight excluding hydrogens is 397 g/mol. The van der Waals surface area contributed by atoms with Gasteiger partial charge in [0.2, 0.25) is 11.8 Å². The average molecular weight is 426 g/mol. The Balaban J connectivity index is 1.88. The Kier molecular flexibility index (Phi) is 6.89. The number of hydrogen-bond acceptors (Lipinski definition) is 3. The first kappa shape index (κ1) is 21.4. The summed E-state index contributed by atoms with van der Waals surface area (Å²) in [5, 5.41) is 7.19. The zero-order chi connectivity index (χ0) is 20.3. The highest BCUT2D eigenvalue weighted by atomic mass is 35.5. The van der Waals surface area contributed by atoms with Crippen LogP contribution >= 0.6 is 23.2 Å². The van der Waals surface area contributed by atoms with E-state index in [1.54, 1.807) is 12.1 Å². The van der Waals surface area contributed by atoms with Gasteiger partial charge in [0.15, 0.2) is 0 Å². The molecule has 2 aliphatic rings. The van der Waals surface area contributed by atoms with Crippen molar-refractivity contribution in [2.75, 3.05) is 25.0 Å². The van der Waals surface area contributed by atoms with Gasteiger partial charge in [-0.2, -0.15) is 0 Å². The molecule has 0 spiro atoms. The van der Waals surface area contributed by atoms with Crippen LogP contribution in [0.2, 0.25) is 10.0 Å². The second kappa shape index (κ2) is 9.02.